The number of aromatic hydroxyl groups is 1. The van der Waals surface area contributed by atoms with Crippen molar-refractivity contribution in [2.75, 3.05) is 0 Å². The van der Waals surface area contributed by atoms with Crippen LogP contribution in [0.4, 0.5) is 0 Å². The highest BCUT2D eigenvalue weighted by Crippen LogP contribution is 2.64. The molecule has 4 aliphatic rings. The van der Waals surface area contributed by atoms with Crippen molar-refractivity contribution in [3.05, 3.63) is 52.6 Å². The summed E-state index contributed by atoms with van der Waals surface area (Å²) in [5.41, 5.74) is -0.403. The van der Waals surface area contributed by atoms with Gasteiger partial charge in [0.1, 0.15) is 17.5 Å². The molecule has 47 heavy (non-hydrogen) atoms. The minimum atomic E-state index is -2.69. The number of ketones is 5. The van der Waals surface area contributed by atoms with Gasteiger partial charge in [-0.05, 0) is 83.7 Å². The third-order valence-corrected chi connectivity index (χ3v) is 12.4. The lowest BCUT2D eigenvalue weighted by atomic mass is 9.40. The van der Waals surface area contributed by atoms with Crippen LogP contribution in [-0.2, 0) is 38.4 Å². The van der Waals surface area contributed by atoms with Crippen molar-refractivity contribution in [3.8, 4) is 16.9 Å². The van der Waals surface area contributed by atoms with Gasteiger partial charge in [0.15, 0.2) is 28.7 Å². The molecule has 0 amide bonds. The molecule has 0 radical (unpaired) electrons. The first kappa shape index (κ1) is 33.5. The summed E-state index contributed by atoms with van der Waals surface area (Å²) in [4.78, 5) is 69.5. The molecule has 250 valence electrons. The molecule has 0 bridgehead atoms. The van der Waals surface area contributed by atoms with Crippen LogP contribution in [0.1, 0.15) is 107 Å². The van der Waals surface area contributed by atoms with Gasteiger partial charge in [-0.15, -0.1) is 0 Å². The van der Waals surface area contributed by atoms with Crippen molar-refractivity contribution in [1.29, 1.82) is 0 Å². The van der Waals surface area contributed by atoms with Gasteiger partial charge < -0.3 is 10.2 Å². The molecular formula is C40H48O7. The Morgan fingerprint density at radius 2 is 1.64 bits per heavy atom. The van der Waals surface area contributed by atoms with Crippen LogP contribution in [0.5, 0.6) is 5.75 Å². The quantitative estimate of drug-likeness (QED) is 0.348. The Morgan fingerprint density at radius 3 is 2.26 bits per heavy atom. The molecule has 0 spiro atoms. The number of hydrogen-bond donors (Lipinski definition) is 2. The Hall–Kier alpha value is -3.45. The molecule has 2 aromatic carbocycles. The predicted molar refractivity (Wildman–Crippen MR) is 178 cm³/mol. The number of phenols is 1. The number of carbonyl (C=O) groups is 5. The highest BCUT2D eigenvalue weighted by atomic mass is 16.3. The molecule has 0 aromatic heterocycles. The van der Waals surface area contributed by atoms with Crippen LogP contribution < -0.4 is 0 Å². The van der Waals surface area contributed by atoms with Crippen LogP contribution in [-0.4, -0.2) is 44.7 Å². The summed E-state index contributed by atoms with van der Waals surface area (Å²) in [5, 5.41) is 23.4. The lowest BCUT2D eigenvalue weighted by molar-refractivity contribution is -0.205. The molecule has 6 rings (SSSR count). The first-order valence-corrected chi connectivity index (χ1v) is 17.5. The van der Waals surface area contributed by atoms with Gasteiger partial charge in [0.2, 0.25) is 0 Å². The fourth-order valence-electron chi connectivity index (χ4n) is 10.4. The summed E-state index contributed by atoms with van der Waals surface area (Å²) < 4.78 is 0. The van der Waals surface area contributed by atoms with Gasteiger partial charge in [-0.3, -0.25) is 24.0 Å². The molecule has 4 aliphatic carbocycles. The van der Waals surface area contributed by atoms with E-state index in [0.29, 0.717) is 11.5 Å². The Morgan fingerprint density at radius 1 is 0.957 bits per heavy atom. The molecule has 6 atom stereocenters. The van der Waals surface area contributed by atoms with Gasteiger partial charge in [0.05, 0.1) is 11.5 Å². The largest absolute Gasteiger partial charge is 0.507 e. The molecule has 3 unspecified atom stereocenters. The van der Waals surface area contributed by atoms with E-state index in [1.54, 1.807) is 20.8 Å². The summed E-state index contributed by atoms with van der Waals surface area (Å²) in [6.07, 6.45) is 8.29. The van der Waals surface area contributed by atoms with Gasteiger partial charge in [-0.25, -0.2) is 0 Å². The monoisotopic (exact) mass is 640 g/mol. The SMILES string of the molecule is CCc1ccc(CC2CCCCC2)cc1-c1ccc(O)c2c1C[C@]1(C)C[C@]3(C)C(C(C)C)C(=O)C(C(C)=O)C(=O)[C@]3(O)C(=O)C1C2=O. The molecule has 0 heterocycles. The van der Waals surface area contributed by atoms with Gasteiger partial charge in [-0.2, -0.15) is 0 Å². The van der Waals surface area contributed by atoms with Gasteiger partial charge in [0.25, 0.3) is 0 Å². The van der Waals surface area contributed by atoms with E-state index in [2.05, 4.69) is 25.1 Å². The number of aliphatic hydroxyl groups is 1. The predicted octanol–water partition coefficient (Wildman–Crippen LogP) is 6.45. The molecule has 7 nitrogen and oxygen atoms in total. The first-order valence-electron chi connectivity index (χ1n) is 17.5. The van der Waals surface area contributed by atoms with Crippen LogP contribution in [0.3, 0.4) is 0 Å². The van der Waals surface area contributed by atoms with E-state index in [4.69, 9.17) is 0 Å². The number of rotatable bonds is 6. The number of aryl methyl sites for hydroxylation is 1. The van der Waals surface area contributed by atoms with Crippen molar-refractivity contribution in [2.45, 2.75) is 105 Å². The first-order chi connectivity index (χ1) is 22.1. The van der Waals surface area contributed by atoms with E-state index < -0.39 is 63.1 Å². The average molecular weight is 641 g/mol. The zero-order chi connectivity index (χ0) is 34.2. The van der Waals surface area contributed by atoms with Crippen LogP contribution in [0.25, 0.3) is 11.1 Å². The van der Waals surface area contributed by atoms with E-state index in [9.17, 15) is 34.2 Å². The minimum absolute atomic E-state index is 0.0422. The number of benzene rings is 2. The van der Waals surface area contributed by atoms with Crippen LogP contribution in [0.15, 0.2) is 30.3 Å². The topological polar surface area (TPSA) is 126 Å². The highest BCUT2D eigenvalue weighted by Gasteiger charge is 2.76. The maximum Gasteiger partial charge on any atom is 0.190 e. The fraction of sp³-hybridized carbons (Fsp3) is 0.575. The molecule has 0 saturated heterocycles. The zero-order valence-corrected chi connectivity index (χ0v) is 28.6. The van der Waals surface area contributed by atoms with Gasteiger partial charge >= 0.3 is 0 Å². The zero-order valence-electron chi connectivity index (χ0n) is 28.6. The molecule has 2 N–H and O–H groups in total. The molecule has 2 aromatic rings. The van der Waals surface area contributed by atoms with Crippen molar-refractivity contribution < 1.29 is 34.2 Å². The van der Waals surface area contributed by atoms with Crippen molar-refractivity contribution >= 4 is 28.9 Å². The second-order valence-electron chi connectivity index (χ2n) is 15.9. The molecule has 7 heteroatoms. The Kier molecular flexibility index (Phi) is 8.26. The third-order valence-electron chi connectivity index (χ3n) is 12.4. The standard InChI is InChI=1S/C40H48O7/c1-7-25-14-13-24(17-23-11-9-8-10-12-23)18-27(25)26-15-16-29(42)31-28(26)19-38(5)20-39(6)32(21(2)3)34(43)30(22(4)41)36(45)40(39,47)37(46)33(38)35(31)44/h13-16,18,21,23,30,32-33,42,47H,7-12,17,19-20H2,1-6H3/t30?,32?,33?,38-,39-,40+/m1/s1. The molecule has 3 fully saturated rings. The normalized spacial score (nSPS) is 32.6. The van der Waals surface area contributed by atoms with Crippen molar-refractivity contribution in [2.24, 2.45) is 40.4 Å². The second kappa shape index (κ2) is 11.6. The van der Waals surface area contributed by atoms with E-state index in [1.807, 2.05) is 13.0 Å². The van der Waals surface area contributed by atoms with Gasteiger partial charge in [-0.1, -0.05) is 91.0 Å². The van der Waals surface area contributed by atoms with E-state index in [-0.39, 0.29) is 30.1 Å². The van der Waals surface area contributed by atoms with Crippen molar-refractivity contribution in [1.82, 2.24) is 0 Å². The maximum absolute atomic E-state index is 14.6. The molecule has 0 aliphatic heterocycles. The average Bonchev–Trinajstić information content (AvgIpc) is 2.99. The summed E-state index contributed by atoms with van der Waals surface area (Å²) in [6, 6.07) is 9.93. The molecule has 3 saturated carbocycles. The van der Waals surface area contributed by atoms with Crippen LogP contribution in [0, 0.1) is 40.4 Å². The number of fused-ring (bicyclic) bond motifs is 3. The van der Waals surface area contributed by atoms with E-state index in [0.717, 1.165) is 36.5 Å². The Labute approximate surface area is 277 Å². The Balaban J connectivity index is 1.50. The number of Topliss-reactive ketones (excluding diaryl/α,β-unsaturated/α-hetero) is 5. The van der Waals surface area contributed by atoms with Crippen molar-refractivity contribution in [3.63, 3.8) is 0 Å². The number of phenolic OH excluding ortho intramolecular Hbond substituents is 1. The van der Waals surface area contributed by atoms with Crippen LogP contribution in [0.2, 0.25) is 0 Å². The smallest absolute Gasteiger partial charge is 0.190 e. The summed E-state index contributed by atoms with van der Waals surface area (Å²) in [6.45, 7) is 10.2. The lowest BCUT2D eigenvalue weighted by Gasteiger charge is -2.61. The second-order valence-corrected chi connectivity index (χ2v) is 15.9. The molecular weight excluding hydrogens is 592 g/mol. The van der Waals surface area contributed by atoms with Crippen LogP contribution >= 0.6 is 0 Å². The van der Waals surface area contributed by atoms with Gasteiger partial charge in [0, 0.05) is 11.3 Å². The summed E-state index contributed by atoms with van der Waals surface area (Å²) in [5.74, 6) is -8.12. The number of hydrogen-bond acceptors (Lipinski definition) is 7. The van der Waals surface area contributed by atoms with E-state index >= 15 is 0 Å². The fourth-order valence-corrected chi connectivity index (χ4v) is 10.4. The minimum Gasteiger partial charge on any atom is -0.507 e. The summed E-state index contributed by atoms with van der Waals surface area (Å²) >= 11 is 0. The van der Waals surface area contributed by atoms with E-state index in [1.165, 1.54) is 43.7 Å². The lowest BCUT2D eigenvalue weighted by Crippen LogP contribution is -2.76. The number of carbonyl (C=O) groups excluding carboxylic acids is 5. The summed E-state index contributed by atoms with van der Waals surface area (Å²) in [7, 11) is 0. The third kappa shape index (κ3) is 4.81. The highest BCUT2D eigenvalue weighted by molar-refractivity contribution is 6.32. The maximum atomic E-state index is 14.6. The Bertz CT molecular complexity index is 1700.